The number of carbonyl (C=O) groups excluding carboxylic acids is 2. The van der Waals surface area contributed by atoms with Crippen LogP contribution in [0.3, 0.4) is 0 Å². The molecule has 5 rings (SSSR count). The summed E-state index contributed by atoms with van der Waals surface area (Å²) in [4.78, 5) is 32.5. The number of carbonyl (C=O) groups is 2. The Balaban J connectivity index is 1.39. The van der Waals surface area contributed by atoms with Crippen LogP contribution in [0.4, 0.5) is 4.39 Å². The van der Waals surface area contributed by atoms with Crippen molar-refractivity contribution in [1.29, 1.82) is 0 Å². The third kappa shape index (κ3) is 5.16. The van der Waals surface area contributed by atoms with Crippen molar-refractivity contribution in [2.24, 2.45) is 5.92 Å². The van der Waals surface area contributed by atoms with Crippen molar-refractivity contribution >= 4 is 22.8 Å². The number of amides is 2. The fraction of sp³-hybridized carbons (Fsp3) is 0.444. The molecule has 2 amide bonds. The minimum atomic E-state index is -0.346. The zero-order valence-corrected chi connectivity index (χ0v) is 20.1. The first-order valence-corrected chi connectivity index (χ1v) is 12.4. The van der Waals surface area contributed by atoms with Gasteiger partial charge >= 0.3 is 0 Å². The highest BCUT2D eigenvalue weighted by Crippen LogP contribution is 2.38. The summed E-state index contributed by atoms with van der Waals surface area (Å²) >= 11 is 0. The molecule has 2 saturated carbocycles. The van der Waals surface area contributed by atoms with Crippen LogP contribution in [0, 0.1) is 18.7 Å². The van der Waals surface area contributed by atoms with E-state index in [0.717, 1.165) is 60.9 Å². The number of H-pyrrole nitrogens is 1. The Labute approximate surface area is 203 Å². The van der Waals surface area contributed by atoms with Crippen LogP contribution in [0.1, 0.15) is 61.5 Å². The van der Waals surface area contributed by atoms with Gasteiger partial charge in [0.15, 0.2) is 0 Å². The van der Waals surface area contributed by atoms with Crippen molar-refractivity contribution in [3.8, 4) is 16.9 Å². The molecular weight excluding hydrogens is 447 g/mol. The van der Waals surface area contributed by atoms with Crippen molar-refractivity contribution in [2.45, 2.75) is 64.5 Å². The van der Waals surface area contributed by atoms with Gasteiger partial charge in [0.1, 0.15) is 17.1 Å². The van der Waals surface area contributed by atoms with Crippen molar-refractivity contribution in [3.05, 3.63) is 47.5 Å². The normalized spacial score (nSPS) is 20.0. The molecule has 0 bridgehead atoms. The number of hydrogen-bond acceptors (Lipinski definition) is 4. The van der Waals surface area contributed by atoms with Crippen molar-refractivity contribution in [2.75, 3.05) is 6.61 Å². The molecule has 184 valence electrons. The Morgan fingerprint density at radius 1 is 1.06 bits per heavy atom. The van der Waals surface area contributed by atoms with E-state index in [1.807, 2.05) is 13.0 Å². The first kappa shape index (κ1) is 23.3. The van der Waals surface area contributed by atoms with E-state index in [1.165, 1.54) is 19.1 Å². The molecule has 0 radical (unpaired) electrons. The van der Waals surface area contributed by atoms with Crippen LogP contribution in [0.15, 0.2) is 30.5 Å². The van der Waals surface area contributed by atoms with Crippen LogP contribution in [0.2, 0.25) is 0 Å². The van der Waals surface area contributed by atoms with Gasteiger partial charge in [-0.05, 0) is 69.6 Å². The summed E-state index contributed by atoms with van der Waals surface area (Å²) in [6.45, 7) is 3.97. The summed E-state index contributed by atoms with van der Waals surface area (Å²) in [6, 6.07) is 6.65. The van der Waals surface area contributed by atoms with Gasteiger partial charge in [-0.2, -0.15) is 0 Å². The number of hydrogen-bond donors (Lipinski definition) is 3. The largest absolute Gasteiger partial charge is 0.493 e. The lowest BCUT2D eigenvalue weighted by Gasteiger charge is -2.29. The zero-order chi connectivity index (χ0) is 24.5. The topological polar surface area (TPSA) is 96.1 Å². The van der Waals surface area contributed by atoms with Crippen molar-refractivity contribution in [3.63, 3.8) is 0 Å². The third-order valence-electron chi connectivity index (χ3n) is 6.98. The highest BCUT2D eigenvalue weighted by molar-refractivity contribution is 6.09. The number of nitrogens with one attached hydrogen (secondary N) is 3. The lowest BCUT2D eigenvalue weighted by atomic mass is 9.91. The standard InChI is InChI=1S/C27H31FN4O3/c1-15-24(27(34)32-20-8-6-19(7-9-20)31-16(2)33)26-25(30-15)22(11-12-29-26)21-10-5-18(28)13-23(21)35-14-17-3-4-17/h5,10-13,17,19-20,30H,3-4,6-9,14H2,1-2H3,(H,31,33)(H,32,34)/t19-,20-. The molecule has 2 aliphatic rings. The summed E-state index contributed by atoms with van der Waals surface area (Å²) in [5.41, 5.74) is 4.15. The highest BCUT2D eigenvalue weighted by Gasteiger charge is 2.27. The lowest BCUT2D eigenvalue weighted by molar-refractivity contribution is -0.119. The first-order valence-electron chi connectivity index (χ1n) is 12.4. The number of aromatic amines is 1. The predicted octanol–water partition coefficient (Wildman–Crippen LogP) is 4.64. The molecule has 0 unspecified atom stereocenters. The van der Waals surface area contributed by atoms with Gasteiger partial charge in [-0.1, -0.05) is 0 Å². The van der Waals surface area contributed by atoms with Crippen LogP contribution in [-0.2, 0) is 4.79 Å². The van der Waals surface area contributed by atoms with E-state index in [4.69, 9.17) is 4.74 Å². The Bertz CT molecular complexity index is 1260. The molecule has 3 N–H and O–H groups in total. The molecule has 0 spiro atoms. The van der Waals surface area contributed by atoms with E-state index < -0.39 is 0 Å². The van der Waals surface area contributed by atoms with Crippen LogP contribution < -0.4 is 15.4 Å². The maximum Gasteiger partial charge on any atom is 0.255 e. The summed E-state index contributed by atoms with van der Waals surface area (Å²) in [6.07, 6.45) is 7.28. The third-order valence-corrected chi connectivity index (χ3v) is 6.98. The number of rotatable bonds is 7. The maximum absolute atomic E-state index is 14.0. The van der Waals surface area contributed by atoms with Crippen LogP contribution in [0.5, 0.6) is 5.75 Å². The molecule has 2 aromatic heterocycles. The molecule has 35 heavy (non-hydrogen) atoms. The maximum atomic E-state index is 14.0. The summed E-state index contributed by atoms with van der Waals surface area (Å²) in [7, 11) is 0. The molecule has 8 heteroatoms. The monoisotopic (exact) mass is 478 g/mol. The van der Waals surface area contributed by atoms with Gasteiger partial charge in [-0.25, -0.2) is 4.39 Å². The average molecular weight is 479 g/mol. The fourth-order valence-corrected chi connectivity index (χ4v) is 4.97. The van der Waals surface area contributed by atoms with Crippen molar-refractivity contribution in [1.82, 2.24) is 20.6 Å². The van der Waals surface area contributed by atoms with Gasteiger partial charge in [0, 0.05) is 48.1 Å². The van der Waals surface area contributed by atoms with Gasteiger partial charge in [0.25, 0.3) is 5.91 Å². The number of fused-ring (bicyclic) bond motifs is 1. The van der Waals surface area contributed by atoms with Gasteiger partial charge in [0.2, 0.25) is 5.91 Å². The average Bonchev–Trinajstić information content (AvgIpc) is 3.58. The van der Waals surface area contributed by atoms with Crippen LogP contribution in [0.25, 0.3) is 22.2 Å². The Morgan fingerprint density at radius 3 is 2.46 bits per heavy atom. The number of benzene rings is 1. The van der Waals surface area contributed by atoms with Crippen LogP contribution >= 0.6 is 0 Å². The molecule has 2 heterocycles. The molecule has 3 aromatic rings. The second kappa shape index (κ2) is 9.68. The quantitative estimate of drug-likeness (QED) is 0.461. The molecular formula is C27H31FN4O3. The molecule has 0 saturated heterocycles. The highest BCUT2D eigenvalue weighted by atomic mass is 19.1. The summed E-state index contributed by atoms with van der Waals surface area (Å²) < 4.78 is 20.0. The molecule has 0 atom stereocenters. The van der Waals surface area contributed by atoms with E-state index >= 15 is 0 Å². The van der Waals surface area contributed by atoms with Crippen molar-refractivity contribution < 1.29 is 18.7 Å². The smallest absolute Gasteiger partial charge is 0.255 e. The summed E-state index contributed by atoms with van der Waals surface area (Å²) in [5, 5.41) is 6.12. The second-order valence-corrected chi connectivity index (χ2v) is 9.82. The second-order valence-electron chi connectivity index (χ2n) is 9.82. The number of aromatic nitrogens is 2. The number of aryl methyl sites for hydroxylation is 1. The Hall–Kier alpha value is -3.42. The fourth-order valence-electron chi connectivity index (χ4n) is 4.97. The number of nitrogens with zero attached hydrogens (tertiary/aromatic N) is 1. The van der Waals surface area contributed by atoms with E-state index in [9.17, 15) is 14.0 Å². The zero-order valence-electron chi connectivity index (χ0n) is 20.1. The number of ether oxygens (including phenoxy) is 1. The number of halogens is 1. The molecule has 2 aliphatic carbocycles. The lowest BCUT2D eigenvalue weighted by Crippen LogP contribution is -2.43. The van der Waals surface area contributed by atoms with E-state index in [-0.39, 0.29) is 29.7 Å². The van der Waals surface area contributed by atoms with E-state index in [1.54, 1.807) is 12.3 Å². The van der Waals surface area contributed by atoms with Gasteiger partial charge in [-0.15, -0.1) is 0 Å². The molecule has 1 aromatic carbocycles. The van der Waals surface area contributed by atoms with Gasteiger partial charge < -0.3 is 20.4 Å². The Morgan fingerprint density at radius 2 is 1.77 bits per heavy atom. The Kier molecular flexibility index (Phi) is 6.45. The minimum Gasteiger partial charge on any atom is -0.493 e. The molecule has 7 nitrogen and oxygen atoms in total. The minimum absolute atomic E-state index is 0.0176. The van der Waals surface area contributed by atoms with Gasteiger partial charge in [0.05, 0.1) is 17.7 Å². The van der Waals surface area contributed by atoms with E-state index in [2.05, 4.69) is 20.6 Å². The number of pyridine rings is 1. The van der Waals surface area contributed by atoms with Gasteiger partial charge in [-0.3, -0.25) is 14.6 Å². The predicted molar refractivity (Wildman–Crippen MR) is 132 cm³/mol. The van der Waals surface area contributed by atoms with Crippen LogP contribution in [-0.4, -0.2) is 40.5 Å². The first-order chi connectivity index (χ1) is 16.9. The SMILES string of the molecule is CC(=O)N[C@H]1CC[C@H](NC(=O)c2c(C)[nH]c3c(-c4ccc(F)cc4OCC4CC4)ccnc23)CC1. The summed E-state index contributed by atoms with van der Waals surface area (Å²) in [5.74, 6) is 0.515. The molecule has 2 fully saturated rings. The van der Waals surface area contributed by atoms with E-state index in [0.29, 0.717) is 29.4 Å². The molecule has 0 aliphatic heterocycles.